The smallest absolute Gasteiger partial charge is 0.274 e. The standard InChI is InChI=1S/C16H20N4O.ClH/c1-2-20(11-12-6-4-3-5-7-12)16(21)15-13-10-17-9-8-14(13)18-19-15;/h3-7,17H,2,8-11H2,1H3,(H,18,19);1H. The molecule has 1 amide bonds. The largest absolute Gasteiger partial charge is 0.333 e. The van der Waals surface area contributed by atoms with E-state index in [1.807, 2.05) is 42.2 Å². The zero-order valence-corrected chi connectivity index (χ0v) is 13.4. The number of amides is 1. The van der Waals surface area contributed by atoms with Gasteiger partial charge in [-0.25, -0.2) is 0 Å². The van der Waals surface area contributed by atoms with Gasteiger partial charge in [-0.15, -0.1) is 12.4 Å². The predicted molar refractivity (Wildman–Crippen MR) is 88.1 cm³/mol. The van der Waals surface area contributed by atoms with Crippen molar-refractivity contribution in [2.24, 2.45) is 0 Å². The zero-order chi connectivity index (χ0) is 14.7. The number of fused-ring (bicyclic) bond motifs is 1. The van der Waals surface area contributed by atoms with Gasteiger partial charge in [0.05, 0.1) is 0 Å². The molecule has 1 aromatic carbocycles. The molecule has 0 bridgehead atoms. The van der Waals surface area contributed by atoms with Crippen LogP contribution in [0.25, 0.3) is 0 Å². The summed E-state index contributed by atoms with van der Waals surface area (Å²) >= 11 is 0. The van der Waals surface area contributed by atoms with E-state index in [2.05, 4.69) is 15.5 Å². The third-order valence-corrected chi connectivity index (χ3v) is 3.89. The minimum absolute atomic E-state index is 0. The first-order chi connectivity index (χ1) is 10.3. The Kier molecular flexibility index (Phi) is 5.57. The third-order valence-electron chi connectivity index (χ3n) is 3.89. The number of hydrogen-bond acceptors (Lipinski definition) is 3. The maximum atomic E-state index is 12.7. The molecule has 2 aromatic rings. The fraction of sp³-hybridized carbons (Fsp3) is 0.375. The highest BCUT2D eigenvalue weighted by molar-refractivity contribution is 5.94. The zero-order valence-electron chi connectivity index (χ0n) is 12.6. The summed E-state index contributed by atoms with van der Waals surface area (Å²) in [5.41, 5.74) is 3.82. The van der Waals surface area contributed by atoms with Crippen LogP contribution in [0.15, 0.2) is 30.3 Å². The van der Waals surface area contributed by atoms with Crippen LogP contribution in [0.1, 0.15) is 34.2 Å². The Morgan fingerprint density at radius 1 is 1.32 bits per heavy atom. The molecule has 0 fully saturated rings. The fourth-order valence-corrected chi connectivity index (χ4v) is 2.68. The first-order valence-corrected chi connectivity index (χ1v) is 7.39. The van der Waals surface area contributed by atoms with Crippen LogP contribution in [-0.2, 0) is 19.5 Å². The van der Waals surface area contributed by atoms with Gasteiger partial charge in [-0.2, -0.15) is 5.10 Å². The van der Waals surface area contributed by atoms with Gasteiger partial charge in [0, 0.05) is 43.9 Å². The summed E-state index contributed by atoms with van der Waals surface area (Å²) in [4.78, 5) is 14.6. The minimum Gasteiger partial charge on any atom is -0.333 e. The topological polar surface area (TPSA) is 61.0 Å². The summed E-state index contributed by atoms with van der Waals surface area (Å²) in [7, 11) is 0. The van der Waals surface area contributed by atoms with Gasteiger partial charge in [0.15, 0.2) is 5.69 Å². The van der Waals surface area contributed by atoms with Crippen LogP contribution >= 0.6 is 12.4 Å². The van der Waals surface area contributed by atoms with Crippen molar-refractivity contribution in [1.82, 2.24) is 20.4 Å². The number of hydrogen-bond donors (Lipinski definition) is 2. The number of rotatable bonds is 4. The van der Waals surface area contributed by atoms with Crippen molar-refractivity contribution in [1.29, 1.82) is 0 Å². The lowest BCUT2D eigenvalue weighted by molar-refractivity contribution is 0.0745. The van der Waals surface area contributed by atoms with E-state index in [9.17, 15) is 4.79 Å². The van der Waals surface area contributed by atoms with Gasteiger partial charge in [0.1, 0.15) is 0 Å². The fourth-order valence-electron chi connectivity index (χ4n) is 2.68. The van der Waals surface area contributed by atoms with Crippen molar-refractivity contribution in [3.8, 4) is 0 Å². The first-order valence-electron chi connectivity index (χ1n) is 7.39. The number of nitrogens with zero attached hydrogens (tertiary/aromatic N) is 2. The number of aromatic nitrogens is 2. The summed E-state index contributed by atoms with van der Waals surface area (Å²) < 4.78 is 0. The van der Waals surface area contributed by atoms with E-state index in [-0.39, 0.29) is 18.3 Å². The summed E-state index contributed by atoms with van der Waals surface area (Å²) in [6.07, 6.45) is 0.903. The Hall–Kier alpha value is -1.85. The molecule has 5 nitrogen and oxygen atoms in total. The van der Waals surface area contributed by atoms with Gasteiger partial charge in [0.2, 0.25) is 0 Å². The Labute approximate surface area is 136 Å². The second-order valence-corrected chi connectivity index (χ2v) is 5.26. The van der Waals surface area contributed by atoms with E-state index < -0.39 is 0 Å². The summed E-state index contributed by atoms with van der Waals surface area (Å²) in [5, 5.41) is 10.6. The van der Waals surface area contributed by atoms with E-state index >= 15 is 0 Å². The molecule has 0 atom stereocenters. The Bertz CT molecular complexity index is 626. The number of H-pyrrole nitrogens is 1. The maximum absolute atomic E-state index is 12.7. The van der Waals surface area contributed by atoms with Gasteiger partial charge >= 0.3 is 0 Å². The summed E-state index contributed by atoms with van der Waals surface area (Å²) in [5.74, 6) is 0.00236. The van der Waals surface area contributed by atoms with E-state index in [0.29, 0.717) is 18.8 Å². The molecule has 0 radical (unpaired) electrons. The number of carbonyl (C=O) groups excluding carboxylic acids is 1. The molecule has 3 rings (SSSR count). The third kappa shape index (κ3) is 3.31. The molecule has 1 aromatic heterocycles. The average Bonchev–Trinajstić information content (AvgIpc) is 2.97. The first kappa shape index (κ1) is 16.5. The molecule has 118 valence electrons. The molecule has 2 N–H and O–H groups in total. The summed E-state index contributed by atoms with van der Waals surface area (Å²) in [6.45, 7) is 4.94. The lowest BCUT2D eigenvalue weighted by Crippen LogP contribution is -2.32. The van der Waals surface area contributed by atoms with Crippen LogP contribution in [0.3, 0.4) is 0 Å². The second-order valence-electron chi connectivity index (χ2n) is 5.26. The molecule has 1 aliphatic rings. The van der Waals surface area contributed by atoms with Crippen molar-refractivity contribution >= 4 is 18.3 Å². The molecular formula is C16H21ClN4O. The molecule has 2 heterocycles. The van der Waals surface area contributed by atoms with Crippen LogP contribution in [0.5, 0.6) is 0 Å². The SMILES string of the molecule is CCN(Cc1ccccc1)C(=O)c1n[nH]c2c1CNCC2.Cl. The van der Waals surface area contributed by atoms with E-state index in [0.717, 1.165) is 36.3 Å². The van der Waals surface area contributed by atoms with Crippen molar-refractivity contribution in [2.75, 3.05) is 13.1 Å². The maximum Gasteiger partial charge on any atom is 0.274 e. The van der Waals surface area contributed by atoms with Crippen LogP contribution in [0, 0.1) is 0 Å². The van der Waals surface area contributed by atoms with E-state index in [4.69, 9.17) is 0 Å². The normalized spacial score (nSPS) is 13.1. The van der Waals surface area contributed by atoms with Crippen molar-refractivity contribution in [3.05, 3.63) is 52.8 Å². The highest BCUT2D eigenvalue weighted by atomic mass is 35.5. The Morgan fingerprint density at radius 2 is 2.09 bits per heavy atom. The summed E-state index contributed by atoms with van der Waals surface area (Å²) in [6, 6.07) is 10.0. The number of aromatic amines is 1. The number of nitrogens with one attached hydrogen (secondary N) is 2. The molecule has 0 aliphatic carbocycles. The molecule has 0 saturated carbocycles. The van der Waals surface area contributed by atoms with Crippen LogP contribution in [0.2, 0.25) is 0 Å². The van der Waals surface area contributed by atoms with Crippen LogP contribution in [0.4, 0.5) is 0 Å². The highest BCUT2D eigenvalue weighted by Crippen LogP contribution is 2.18. The number of halogens is 1. The van der Waals surface area contributed by atoms with E-state index in [1.165, 1.54) is 0 Å². The molecule has 22 heavy (non-hydrogen) atoms. The van der Waals surface area contributed by atoms with Crippen LogP contribution < -0.4 is 5.32 Å². The quantitative estimate of drug-likeness (QED) is 0.907. The lowest BCUT2D eigenvalue weighted by atomic mass is 10.1. The van der Waals surface area contributed by atoms with Gasteiger partial charge < -0.3 is 10.2 Å². The number of carbonyl (C=O) groups is 1. The van der Waals surface area contributed by atoms with Crippen molar-refractivity contribution in [2.45, 2.75) is 26.4 Å². The van der Waals surface area contributed by atoms with E-state index in [1.54, 1.807) is 0 Å². The molecule has 0 unspecified atom stereocenters. The molecule has 0 saturated heterocycles. The molecule has 1 aliphatic heterocycles. The Morgan fingerprint density at radius 3 is 2.82 bits per heavy atom. The monoisotopic (exact) mass is 320 g/mol. The van der Waals surface area contributed by atoms with Gasteiger partial charge in [-0.3, -0.25) is 9.89 Å². The Balaban J connectivity index is 0.00000176. The second kappa shape index (κ2) is 7.42. The minimum atomic E-state index is 0. The van der Waals surface area contributed by atoms with Gasteiger partial charge in [0.25, 0.3) is 5.91 Å². The van der Waals surface area contributed by atoms with Crippen molar-refractivity contribution < 1.29 is 4.79 Å². The molecular weight excluding hydrogens is 300 g/mol. The predicted octanol–water partition coefficient (Wildman–Crippen LogP) is 2.14. The highest BCUT2D eigenvalue weighted by Gasteiger charge is 2.24. The molecule has 6 heteroatoms. The van der Waals surface area contributed by atoms with Crippen LogP contribution in [-0.4, -0.2) is 34.1 Å². The molecule has 0 spiro atoms. The van der Waals surface area contributed by atoms with Gasteiger partial charge in [-0.05, 0) is 12.5 Å². The lowest BCUT2D eigenvalue weighted by Gasteiger charge is -2.21. The van der Waals surface area contributed by atoms with Gasteiger partial charge in [-0.1, -0.05) is 30.3 Å². The average molecular weight is 321 g/mol. The van der Waals surface area contributed by atoms with Crippen molar-refractivity contribution in [3.63, 3.8) is 0 Å². The number of benzene rings is 1.